The van der Waals surface area contributed by atoms with Gasteiger partial charge in [-0.2, -0.15) is 0 Å². The highest BCUT2D eigenvalue weighted by molar-refractivity contribution is 7.80. The molecule has 1 aliphatic rings. The van der Waals surface area contributed by atoms with Gasteiger partial charge in [0, 0.05) is 5.92 Å². The number of carbonyl (C=O) groups excluding carboxylic acids is 1. The molecule has 0 aromatic rings. The molecule has 1 aliphatic carbocycles. The van der Waals surface area contributed by atoms with E-state index < -0.39 is 0 Å². The second-order valence-electron chi connectivity index (χ2n) is 4.21. The molecule has 0 aromatic carbocycles. The maximum atomic E-state index is 11.8. The van der Waals surface area contributed by atoms with Gasteiger partial charge in [-0.15, -0.1) is 0 Å². The molecular formula is C11H20N2OS. The van der Waals surface area contributed by atoms with E-state index in [-0.39, 0.29) is 17.9 Å². The Bertz CT molecular complexity index is 237. The summed E-state index contributed by atoms with van der Waals surface area (Å²) in [5, 5.41) is 2.93. The molecule has 1 rings (SSSR count). The fraction of sp³-hybridized carbons (Fsp3) is 0.818. The summed E-state index contributed by atoms with van der Waals surface area (Å²) in [6, 6.07) is -0.130. The highest BCUT2D eigenvalue weighted by atomic mass is 32.1. The Morgan fingerprint density at radius 3 is 2.53 bits per heavy atom. The van der Waals surface area contributed by atoms with Crippen LogP contribution in [0.5, 0.6) is 0 Å². The number of hydrogen-bond acceptors (Lipinski definition) is 2. The van der Waals surface area contributed by atoms with E-state index in [1.54, 1.807) is 0 Å². The van der Waals surface area contributed by atoms with Gasteiger partial charge in [-0.05, 0) is 19.3 Å². The Morgan fingerprint density at radius 2 is 2.07 bits per heavy atom. The molecule has 1 atom stereocenters. The van der Waals surface area contributed by atoms with Crippen LogP contribution in [0.15, 0.2) is 0 Å². The predicted molar refractivity (Wildman–Crippen MR) is 65.6 cm³/mol. The minimum absolute atomic E-state index is 0.130. The van der Waals surface area contributed by atoms with Gasteiger partial charge in [0.15, 0.2) is 0 Å². The zero-order valence-corrected chi connectivity index (χ0v) is 10.1. The van der Waals surface area contributed by atoms with E-state index in [0.29, 0.717) is 4.99 Å². The van der Waals surface area contributed by atoms with Gasteiger partial charge in [-0.1, -0.05) is 38.4 Å². The molecule has 0 saturated heterocycles. The van der Waals surface area contributed by atoms with Crippen molar-refractivity contribution in [1.29, 1.82) is 0 Å². The van der Waals surface area contributed by atoms with Crippen LogP contribution in [0.2, 0.25) is 0 Å². The van der Waals surface area contributed by atoms with Gasteiger partial charge in [-0.3, -0.25) is 4.79 Å². The largest absolute Gasteiger partial charge is 0.392 e. The molecule has 0 spiro atoms. The van der Waals surface area contributed by atoms with Crippen molar-refractivity contribution in [3.8, 4) is 0 Å². The van der Waals surface area contributed by atoms with Gasteiger partial charge in [-0.25, -0.2) is 0 Å². The summed E-state index contributed by atoms with van der Waals surface area (Å²) >= 11 is 4.90. The normalized spacial score (nSPS) is 19.5. The summed E-state index contributed by atoms with van der Waals surface area (Å²) in [5.74, 6) is 0.316. The number of nitrogens with one attached hydrogen (secondary N) is 1. The van der Waals surface area contributed by atoms with E-state index in [4.69, 9.17) is 18.0 Å². The first-order valence-electron chi connectivity index (χ1n) is 5.74. The Hall–Kier alpha value is -0.640. The number of rotatable bonds is 4. The molecular weight excluding hydrogens is 208 g/mol. The molecule has 1 amide bonds. The molecule has 86 valence electrons. The smallest absolute Gasteiger partial charge is 0.223 e. The van der Waals surface area contributed by atoms with E-state index in [0.717, 1.165) is 19.3 Å². The number of nitrogens with two attached hydrogens (primary N) is 1. The van der Waals surface area contributed by atoms with Crippen LogP contribution in [0.25, 0.3) is 0 Å². The minimum Gasteiger partial charge on any atom is -0.392 e. The van der Waals surface area contributed by atoms with E-state index in [2.05, 4.69) is 5.32 Å². The Kier molecular flexibility index (Phi) is 5.02. The summed E-state index contributed by atoms with van der Waals surface area (Å²) in [5.41, 5.74) is 5.54. The molecule has 0 bridgehead atoms. The second kappa shape index (κ2) is 6.05. The molecule has 3 nitrogen and oxygen atoms in total. The summed E-state index contributed by atoms with van der Waals surface area (Å²) in [7, 11) is 0. The van der Waals surface area contributed by atoms with Crippen LogP contribution in [-0.2, 0) is 4.79 Å². The average molecular weight is 228 g/mol. The van der Waals surface area contributed by atoms with Gasteiger partial charge >= 0.3 is 0 Å². The van der Waals surface area contributed by atoms with Gasteiger partial charge in [0.25, 0.3) is 0 Å². The molecule has 0 aliphatic heterocycles. The van der Waals surface area contributed by atoms with Crippen molar-refractivity contribution in [1.82, 2.24) is 5.32 Å². The van der Waals surface area contributed by atoms with Gasteiger partial charge < -0.3 is 11.1 Å². The third kappa shape index (κ3) is 3.78. The average Bonchev–Trinajstić information content (AvgIpc) is 2.26. The van der Waals surface area contributed by atoms with Gasteiger partial charge in [0.1, 0.15) is 0 Å². The summed E-state index contributed by atoms with van der Waals surface area (Å²) in [4.78, 5) is 12.2. The van der Waals surface area contributed by atoms with Crippen molar-refractivity contribution in [3.63, 3.8) is 0 Å². The fourth-order valence-electron chi connectivity index (χ4n) is 2.03. The lowest BCUT2D eigenvalue weighted by molar-refractivity contribution is -0.126. The first-order valence-corrected chi connectivity index (χ1v) is 6.15. The zero-order valence-electron chi connectivity index (χ0n) is 9.29. The SMILES string of the molecule is CCC(NC(=O)C1CCCCC1)C(N)=S. The van der Waals surface area contributed by atoms with E-state index in [1.165, 1.54) is 19.3 Å². The Balaban J connectivity index is 2.42. The third-order valence-electron chi connectivity index (χ3n) is 3.04. The van der Waals surface area contributed by atoms with Crippen LogP contribution in [0.3, 0.4) is 0 Å². The highest BCUT2D eigenvalue weighted by Crippen LogP contribution is 2.23. The first-order chi connectivity index (χ1) is 7.15. The van der Waals surface area contributed by atoms with Crippen LogP contribution in [0.4, 0.5) is 0 Å². The van der Waals surface area contributed by atoms with Crippen LogP contribution < -0.4 is 11.1 Å². The Morgan fingerprint density at radius 1 is 1.47 bits per heavy atom. The van der Waals surface area contributed by atoms with Crippen molar-refractivity contribution >= 4 is 23.1 Å². The van der Waals surface area contributed by atoms with Crippen molar-refractivity contribution in [2.75, 3.05) is 0 Å². The third-order valence-corrected chi connectivity index (χ3v) is 3.33. The molecule has 1 fully saturated rings. The van der Waals surface area contributed by atoms with E-state index in [1.807, 2.05) is 6.92 Å². The van der Waals surface area contributed by atoms with E-state index >= 15 is 0 Å². The van der Waals surface area contributed by atoms with Gasteiger partial charge in [0.2, 0.25) is 5.91 Å². The van der Waals surface area contributed by atoms with Crippen LogP contribution in [0.1, 0.15) is 45.4 Å². The molecule has 0 aromatic heterocycles. The number of amides is 1. The lowest BCUT2D eigenvalue weighted by Gasteiger charge is -2.23. The van der Waals surface area contributed by atoms with Crippen molar-refractivity contribution in [2.45, 2.75) is 51.5 Å². The second-order valence-corrected chi connectivity index (χ2v) is 4.68. The van der Waals surface area contributed by atoms with Crippen molar-refractivity contribution in [3.05, 3.63) is 0 Å². The molecule has 1 unspecified atom stereocenters. The van der Waals surface area contributed by atoms with E-state index in [9.17, 15) is 4.79 Å². The molecule has 4 heteroatoms. The van der Waals surface area contributed by atoms with Crippen molar-refractivity contribution in [2.24, 2.45) is 11.7 Å². The molecule has 15 heavy (non-hydrogen) atoms. The minimum atomic E-state index is -0.130. The highest BCUT2D eigenvalue weighted by Gasteiger charge is 2.23. The standard InChI is InChI=1S/C11H20N2OS/c1-2-9(10(12)15)13-11(14)8-6-4-3-5-7-8/h8-9H,2-7H2,1H3,(H2,12,15)(H,13,14). The maximum Gasteiger partial charge on any atom is 0.223 e. The number of carbonyl (C=O) groups is 1. The van der Waals surface area contributed by atoms with Gasteiger partial charge in [0.05, 0.1) is 11.0 Å². The van der Waals surface area contributed by atoms with Crippen molar-refractivity contribution < 1.29 is 4.79 Å². The summed E-state index contributed by atoms with van der Waals surface area (Å²) in [6.45, 7) is 1.98. The number of hydrogen-bond donors (Lipinski definition) is 2. The molecule has 1 saturated carbocycles. The lowest BCUT2D eigenvalue weighted by Crippen LogP contribution is -2.45. The molecule has 0 heterocycles. The van der Waals surface area contributed by atoms with Crippen LogP contribution >= 0.6 is 12.2 Å². The molecule has 3 N–H and O–H groups in total. The lowest BCUT2D eigenvalue weighted by atomic mass is 9.88. The monoisotopic (exact) mass is 228 g/mol. The summed E-state index contributed by atoms with van der Waals surface area (Å²) < 4.78 is 0. The van der Waals surface area contributed by atoms with Crippen LogP contribution in [-0.4, -0.2) is 16.9 Å². The zero-order chi connectivity index (χ0) is 11.3. The maximum absolute atomic E-state index is 11.8. The predicted octanol–water partition coefficient (Wildman–Crippen LogP) is 1.75. The molecule has 0 radical (unpaired) electrons. The quantitative estimate of drug-likeness (QED) is 0.721. The summed E-state index contributed by atoms with van der Waals surface area (Å²) in [6.07, 6.45) is 6.40. The first kappa shape index (κ1) is 12.4. The Labute approximate surface area is 96.8 Å². The fourth-order valence-corrected chi connectivity index (χ4v) is 2.25. The number of thiocarbonyl (C=S) groups is 1. The van der Waals surface area contributed by atoms with Crippen LogP contribution in [0, 0.1) is 5.92 Å². The topological polar surface area (TPSA) is 55.1 Å².